The molecular weight excluding hydrogens is 368 g/mol. The first-order valence-electron chi connectivity index (χ1n) is 10.1. The minimum Gasteiger partial charge on any atom is -0.481 e. The topological polar surface area (TPSA) is 149 Å². The standard InChI is InChI=1S/C12H18O4.C8H12O4/c13-10(14)8-4-6-12(11(15)16)5-2-1-3-9(12)7-8;9-7(10)5-1-2-6(4-3-5)8(11)12/h8-9H,1-7H2,(H,13,14)(H,15,16);5-6H,1-4H2,(H,9,10)(H,11,12)/t8-,9-,12-;/m1./s1. The Labute approximate surface area is 163 Å². The van der Waals surface area contributed by atoms with Crippen molar-refractivity contribution >= 4 is 23.9 Å². The van der Waals surface area contributed by atoms with Crippen molar-refractivity contribution in [1.29, 1.82) is 0 Å². The first-order valence-corrected chi connectivity index (χ1v) is 10.1. The van der Waals surface area contributed by atoms with Crippen LogP contribution < -0.4 is 0 Å². The van der Waals surface area contributed by atoms with E-state index < -0.39 is 29.3 Å². The van der Waals surface area contributed by atoms with Gasteiger partial charge in [-0.2, -0.15) is 0 Å². The lowest BCUT2D eigenvalue weighted by atomic mass is 9.57. The summed E-state index contributed by atoms with van der Waals surface area (Å²) in [6.45, 7) is 0. The Morgan fingerprint density at radius 2 is 1.11 bits per heavy atom. The highest BCUT2D eigenvalue weighted by molar-refractivity contribution is 5.77. The van der Waals surface area contributed by atoms with E-state index in [9.17, 15) is 24.3 Å². The summed E-state index contributed by atoms with van der Waals surface area (Å²) in [5, 5.41) is 35.6. The van der Waals surface area contributed by atoms with Gasteiger partial charge in [-0.05, 0) is 63.7 Å². The van der Waals surface area contributed by atoms with Gasteiger partial charge < -0.3 is 20.4 Å². The highest BCUT2D eigenvalue weighted by atomic mass is 16.4. The van der Waals surface area contributed by atoms with Gasteiger partial charge in [0.15, 0.2) is 0 Å². The van der Waals surface area contributed by atoms with Crippen LogP contribution in [-0.4, -0.2) is 44.3 Å². The molecule has 8 nitrogen and oxygen atoms in total. The molecule has 0 aromatic heterocycles. The fourth-order valence-corrected chi connectivity index (χ4v) is 5.08. The van der Waals surface area contributed by atoms with Gasteiger partial charge in [-0.1, -0.05) is 12.8 Å². The van der Waals surface area contributed by atoms with Crippen molar-refractivity contribution in [2.45, 2.75) is 70.6 Å². The minimum atomic E-state index is -0.793. The predicted octanol–water partition coefficient (Wildman–Crippen LogP) is 3.09. The maximum Gasteiger partial charge on any atom is 0.309 e. The normalized spacial score (nSPS) is 34.9. The molecule has 3 fully saturated rings. The van der Waals surface area contributed by atoms with E-state index in [4.69, 9.17) is 15.3 Å². The van der Waals surface area contributed by atoms with Gasteiger partial charge in [-0.3, -0.25) is 19.2 Å². The van der Waals surface area contributed by atoms with Gasteiger partial charge in [0.1, 0.15) is 0 Å². The van der Waals surface area contributed by atoms with Crippen LogP contribution in [0.3, 0.4) is 0 Å². The first kappa shape index (κ1) is 22.2. The second kappa shape index (κ2) is 9.39. The van der Waals surface area contributed by atoms with Crippen LogP contribution in [-0.2, 0) is 19.2 Å². The van der Waals surface area contributed by atoms with Crippen molar-refractivity contribution in [1.82, 2.24) is 0 Å². The largest absolute Gasteiger partial charge is 0.481 e. The van der Waals surface area contributed by atoms with Crippen LogP contribution in [0.25, 0.3) is 0 Å². The third-order valence-corrected chi connectivity index (χ3v) is 6.92. The number of hydrogen-bond acceptors (Lipinski definition) is 4. The van der Waals surface area contributed by atoms with Gasteiger partial charge in [0.05, 0.1) is 23.2 Å². The smallest absolute Gasteiger partial charge is 0.309 e. The summed E-state index contributed by atoms with van der Waals surface area (Å²) in [6, 6.07) is 0. The Hall–Kier alpha value is -2.12. The summed E-state index contributed by atoms with van der Waals surface area (Å²) in [7, 11) is 0. The highest BCUT2D eigenvalue weighted by Crippen LogP contribution is 2.52. The van der Waals surface area contributed by atoms with Crippen LogP contribution in [0.2, 0.25) is 0 Å². The SMILES string of the molecule is O=C(O)C1CCC(C(=O)O)CC1.O=C(O)[C@@H]1CC[C@]2(C(=O)O)CCCC[C@@H]2C1. The van der Waals surface area contributed by atoms with Gasteiger partial charge in [-0.25, -0.2) is 0 Å². The Morgan fingerprint density at radius 1 is 0.607 bits per heavy atom. The van der Waals surface area contributed by atoms with Crippen LogP contribution in [0, 0.1) is 29.1 Å². The van der Waals surface area contributed by atoms with Crippen LogP contribution in [0.4, 0.5) is 0 Å². The monoisotopic (exact) mass is 398 g/mol. The number of carbonyl (C=O) groups is 4. The van der Waals surface area contributed by atoms with Gasteiger partial charge in [0.2, 0.25) is 0 Å². The lowest BCUT2D eigenvalue weighted by Gasteiger charge is -2.45. The van der Waals surface area contributed by atoms with Gasteiger partial charge in [-0.15, -0.1) is 0 Å². The fraction of sp³-hybridized carbons (Fsp3) is 0.800. The zero-order valence-corrected chi connectivity index (χ0v) is 16.0. The molecule has 0 aliphatic heterocycles. The molecule has 3 atom stereocenters. The number of hydrogen-bond donors (Lipinski definition) is 4. The molecule has 3 aliphatic rings. The highest BCUT2D eigenvalue weighted by Gasteiger charge is 2.51. The van der Waals surface area contributed by atoms with Crippen molar-refractivity contribution in [2.75, 3.05) is 0 Å². The van der Waals surface area contributed by atoms with E-state index in [0.29, 0.717) is 44.9 Å². The lowest BCUT2D eigenvalue weighted by molar-refractivity contribution is -0.163. The van der Waals surface area contributed by atoms with Crippen molar-refractivity contribution in [2.24, 2.45) is 29.1 Å². The van der Waals surface area contributed by atoms with Crippen LogP contribution in [0.5, 0.6) is 0 Å². The molecule has 8 heteroatoms. The summed E-state index contributed by atoms with van der Waals surface area (Å²) in [6.07, 6.45) is 7.29. The van der Waals surface area contributed by atoms with Gasteiger partial charge in [0.25, 0.3) is 0 Å². The second-order valence-electron chi connectivity index (χ2n) is 8.44. The zero-order chi connectivity index (χ0) is 20.9. The van der Waals surface area contributed by atoms with E-state index in [1.165, 1.54) is 0 Å². The molecule has 158 valence electrons. The molecule has 28 heavy (non-hydrogen) atoms. The van der Waals surface area contributed by atoms with Crippen LogP contribution in [0.15, 0.2) is 0 Å². The summed E-state index contributed by atoms with van der Waals surface area (Å²) in [5.41, 5.74) is -0.607. The molecule has 0 radical (unpaired) electrons. The molecule has 3 rings (SSSR count). The Morgan fingerprint density at radius 3 is 1.54 bits per heavy atom. The molecular formula is C20H30O8. The predicted molar refractivity (Wildman–Crippen MR) is 97.7 cm³/mol. The maximum absolute atomic E-state index is 11.4. The van der Waals surface area contributed by atoms with E-state index in [2.05, 4.69) is 0 Å². The van der Waals surface area contributed by atoms with E-state index in [-0.39, 0.29) is 23.7 Å². The lowest BCUT2D eigenvalue weighted by Crippen LogP contribution is -2.46. The molecule has 0 bridgehead atoms. The average molecular weight is 398 g/mol. The zero-order valence-electron chi connectivity index (χ0n) is 16.0. The van der Waals surface area contributed by atoms with Crippen LogP contribution >= 0.6 is 0 Å². The van der Waals surface area contributed by atoms with E-state index in [0.717, 1.165) is 25.7 Å². The molecule has 0 heterocycles. The van der Waals surface area contributed by atoms with Gasteiger partial charge >= 0.3 is 23.9 Å². The van der Waals surface area contributed by atoms with Gasteiger partial charge in [0, 0.05) is 0 Å². The van der Waals surface area contributed by atoms with E-state index in [1.54, 1.807) is 0 Å². The summed E-state index contributed by atoms with van der Waals surface area (Å²) >= 11 is 0. The first-order chi connectivity index (χ1) is 13.2. The van der Waals surface area contributed by atoms with E-state index in [1.807, 2.05) is 0 Å². The number of carboxylic acids is 4. The Balaban J connectivity index is 0.000000209. The number of rotatable bonds is 4. The van der Waals surface area contributed by atoms with Crippen molar-refractivity contribution in [3.63, 3.8) is 0 Å². The molecule has 0 saturated heterocycles. The fourth-order valence-electron chi connectivity index (χ4n) is 5.08. The molecule has 3 saturated carbocycles. The summed E-state index contributed by atoms with van der Waals surface area (Å²) in [4.78, 5) is 43.4. The quantitative estimate of drug-likeness (QED) is 0.564. The molecule has 0 amide bonds. The Kier molecular flexibility index (Phi) is 7.43. The van der Waals surface area contributed by atoms with Crippen molar-refractivity contribution in [3.05, 3.63) is 0 Å². The molecule has 0 spiro atoms. The minimum absolute atomic E-state index is 0.0774. The molecule has 3 aliphatic carbocycles. The molecule has 0 aromatic carbocycles. The molecule has 0 aromatic rings. The third-order valence-electron chi connectivity index (χ3n) is 6.92. The number of aliphatic carboxylic acids is 4. The number of carboxylic acid groups (broad SMARTS) is 4. The Bertz CT molecular complexity index is 585. The molecule has 4 N–H and O–H groups in total. The van der Waals surface area contributed by atoms with Crippen LogP contribution in [0.1, 0.15) is 70.6 Å². The second-order valence-corrected chi connectivity index (χ2v) is 8.44. The maximum atomic E-state index is 11.4. The van der Waals surface area contributed by atoms with Crippen molar-refractivity contribution in [3.8, 4) is 0 Å². The van der Waals surface area contributed by atoms with Crippen molar-refractivity contribution < 1.29 is 39.6 Å². The number of fused-ring (bicyclic) bond motifs is 1. The average Bonchev–Trinajstić information content (AvgIpc) is 2.67. The molecule has 0 unspecified atom stereocenters. The third kappa shape index (κ3) is 5.02. The summed E-state index contributed by atoms with van der Waals surface area (Å²) in [5.74, 6) is -3.94. The summed E-state index contributed by atoms with van der Waals surface area (Å²) < 4.78 is 0. The van der Waals surface area contributed by atoms with E-state index >= 15 is 0 Å².